The van der Waals surface area contributed by atoms with Crippen molar-refractivity contribution in [1.29, 1.82) is 0 Å². The second-order valence-electron chi connectivity index (χ2n) is 9.41. The number of aromatic nitrogens is 5. The standard InChI is InChI=1S/C26H33ClN8O/c1-2-18(17-35-10-12-36-13-11-35)16-28-25-29-23(9-6-19-4-3-5-21(27)14-19)30-26(32-25)31-24-15-22(33-34-24)20-7-8-20/h3-6,9,14-15,18,20H,2,7-8,10-13,16-17H2,1H3,(H3,28,29,30,31,32,33,34)/b9-6+. The van der Waals surface area contributed by atoms with Crippen LogP contribution >= 0.6 is 11.6 Å². The molecule has 3 N–H and O–H groups in total. The van der Waals surface area contributed by atoms with Crippen molar-refractivity contribution in [2.75, 3.05) is 50.0 Å². The maximum Gasteiger partial charge on any atom is 0.233 e. The molecule has 1 aromatic carbocycles. The van der Waals surface area contributed by atoms with E-state index >= 15 is 0 Å². The lowest BCUT2D eigenvalue weighted by atomic mass is 10.1. The quantitative estimate of drug-likeness (QED) is 0.339. The van der Waals surface area contributed by atoms with Gasteiger partial charge in [-0.15, -0.1) is 0 Å². The van der Waals surface area contributed by atoms with Gasteiger partial charge < -0.3 is 15.4 Å². The number of hydrogen-bond donors (Lipinski definition) is 3. The summed E-state index contributed by atoms with van der Waals surface area (Å²) < 4.78 is 5.49. The van der Waals surface area contributed by atoms with Gasteiger partial charge in [-0.25, -0.2) is 0 Å². The predicted molar refractivity (Wildman–Crippen MR) is 144 cm³/mol. The monoisotopic (exact) mass is 508 g/mol. The van der Waals surface area contributed by atoms with Gasteiger partial charge in [-0.1, -0.05) is 43.2 Å². The van der Waals surface area contributed by atoms with E-state index in [0.717, 1.165) is 57.1 Å². The molecule has 0 amide bonds. The molecule has 1 aliphatic carbocycles. The van der Waals surface area contributed by atoms with Crippen molar-refractivity contribution in [3.63, 3.8) is 0 Å². The normalized spacial score (nSPS) is 17.4. The first-order valence-electron chi connectivity index (χ1n) is 12.7. The molecule has 1 saturated heterocycles. The topological polar surface area (TPSA) is 104 Å². The molecule has 190 valence electrons. The van der Waals surface area contributed by atoms with E-state index in [4.69, 9.17) is 16.3 Å². The van der Waals surface area contributed by atoms with E-state index in [1.165, 1.54) is 12.8 Å². The molecule has 1 saturated carbocycles. The fourth-order valence-electron chi connectivity index (χ4n) is 4.22. The average molecular weight is 509 g/mol. The summed E-state index contributed by atoms with van der Waals surface area (Å²) in [6.45, 7) is 7.63. The highest BCUT2D eigenvalue weighted by molar-refractivity contribution is 6.30. The molecular formula is C26H33ClN8O. The molecule has 1 unspecified atom stereocenters. The molecule has 3 aromatic rings. The Bertz CT molecular complexity index is 1170. The molecule has 0 spiro atoms. The first-order valence-corrected chi connectivity index (χ1v) is 13.1. The third-order valence-electron chi connectivity index (χ3n) is 6.53. The Balaban J connectivity index is 1.31. The van der Waals surface area contributed by atoms with Crippen LogP contribution in [0.4, 0.5) is 17.7 Å². The highest BCUT2D eigenvalue weighted by Gasteiger charge is 2.25. The highest BCUT2D eigenvalue weighted by atomic mass is 35.5. The van der Waals surface area contributed by atoms with Crippen LogP contribution in [-0.2, 0) is 4.74 Å². The van der Waals surface area contributed by atoms with Crippen LogP contribution in [0.15, 0.2) is 30.3 Å². The van der Waals surface area contributed by atoms with Crippen LogP contribution in [0.5, 0.6) is 0 Å². The van der Waals surface area contributed by atoms with Crippen LogP contribution in [0.25, 0.3) is 12.2 Å². The van der Waals surface area contributed by atoms with Crippen molar-refractivity contribution in [2.24, 2.45) is 5.92 Å². The zero-order valence-corrected chi connectivity index (χ0v) is 21.3. The van der Waals surface area contributed by atoms with Gasteiger partial charge in [0.1, 0.15) is 0 Å². The summed E-state index contributed by atoms with van der Waals surface area (Å²) in [5, 5.41) is 14.9. The number of H-pyrrole nitrogens is 1. The Hall–Kier alpha value is -3.01. The maximum atomic E-state index is 6.13. The molecule has 0 bridgehead atoms. The summed E-state index contributed by atoms with van der Waals surface area (Å²) in [6.07, 6.45) is 7.31. The first kappa shape index (κ1) is 24.7. The SMILES string of the molecule is CCC(CNc1nc(/C=C/c2cccc(Cl)c2)nc(Nc2cc(C3CC3)[nH]n2)n1)CN1CCOCC1. The van der Waals surface area contributed by atoms with Crippen LogP contribution in [0.3, 0.4) is 0 Å². The number of ether oxygens (including phenoxy) is 1. The van der Waals surface area contributed by atoms with E-state index in [9.17, 15) is 0 Å². The number of hydrogen-bond acceptors (Lipinski definition) is 8. The third kappa shape index (κ3) is 7.02. The molecule has 36 heavy (non-hydrogen) atoms. The fraction of sp³-hybridized carbons (Fsp3) is 0.462. The number of anilines is 3. The van der Waals surface area contributed by atoms with E-state index in [1.807, 2.05) is 42.5 Å². The number of nitrogens with one attached hydrogen (secondary N) is 3. The maximum absolute atomic E-state index is 6.13. The Morgan fingerprint density at radius 3 is 2.75 bits per heavy atom. The van der Waals surface area contributed by atoms with Crippen LogP contribution < -0.4 is 10.6 Å². The molecule has 2 fully saturated rings. The van der Waals surface area contributed by atoms with Gasteiger partial charge in [0.25, 0.3) is 0 Å². The third-order valence-corrected chi connectivity index (χ3v) is 6.76. The number of nitrogens with zero attached hydrogens (tertiary/aromatic N) is 5. The molecule has 0 radical (unpaired) electrons. The van der Waals surface area contributed by atoms with Gasteiger partial charge in [0, 0.05) is 48.9 Å². The van der Waals surface area contributed by atoms with Gasteiger partial charge in [0.05, 0.1) is 13.2 Å². The van der Waals surface area contributed by atoms with Crippen molar-refractivity contribution < 1.29 is 4.74 Å². The second-order valence-corrected chi connectivity index (χ2v) is 9.84. The molecule has 10 heteroatoms. The van der Waals surface area contributed by atoms with Crippen molar-refractivity contribution in [3.05, 3.63) is 52.4 Å². The van der Waals surface area contributed by atoms with Crippen molar-refractivity contribution in [3.8, 4) is 0 Å². The van der Waals surface area contributed by atoms with Gasteiger partial charge in [0.2, 0.25) is 11.9 Å². The van der Waals surface area contributed by atoms with Gasteiger partial charge in [-0.2, -0.15) is 20.1 Å². The van der Waals surface area contributed by atoms with E-state index in [0.29, 0.717) is 40.4 Å². The van der Waals surface area contributed by atoms with E-state index in [1.54, 1.807) is 0 Å². The number of morpholine rings is 1. The summed E-state index contributed by atoms with van der Waals surface area (Å²) >= 11 is 6.13. The molecule has 1 aliphatic heterocycles. The van der Waals surface area contributed by atoms with Gasteiger partial charge in [-0.3, -0.25) is 10.00 Å². The van der Waals surface area contributed by atoms with Gasteiger partial charge >= 0.3 is 0 Å². The van der Waals surface area contributed by atoms with Crippen molar-refractivity contribution in [2.45, 2.75) is 32.1 Å². The molecule has 1 atom stereocenters. The number of rotatable bonds is 11. The summed E-state index contributed by atoms with van der Waals surface area (Å²) in [6, 6.07) is 9.70. The Kier molecular flexibility index (Phi) is 8.10. The molecular weight excluding hydrogens is 476 g/mol. The lowest BCUT2D eigenvalue weighted by molar-refractivity contribution is 0.0312. The lowest BCUT2D eigenvalue weighted by Crippen LogP contribution is -2.40. The number of benzene rings is 1. The smallest absolute Gasteiger partial charge is 0.233 e. The summed E-state index contributed by atoms with van der Waals surface area (Å²) in [5.41, 5.74) is 2.13. The molecule has 2 aromatic heterocycles. The van der Waals surface area contributed by atoms with Crippen molar-refractivity contribution in [1.82, 2.24) is 30.0 Å². The molecule has 2 aliphatic rings. The lowest BCUT2D eigenvalue weighted by Gasteiger charge is -2.30. The minimum atomic E-state index is 0.452. The summed E-state index contributed by atoms with van der Waals surface area (Å²) in [7, 11) is 0. The first-order chi connectivity index (χ1) is 17.6. The zero-order valence-electron chi connectivity index (χ0n) is 20.6. The minimum absolute atomic E-state index is 0.452. The number of aromatic amines is 1. The Morgan fingerprint density at radius 2 is 1.97 bits per heavy atom. The van der Waals surface area contributed by atoms with E-state index in [-0.39, 0.29) is 0 Å². The largest absolute Gasteiger partial charge is 0.379 e. The predicted octanol–water partition coefficient (Wildman–Crippen LogP) is 4.81. The Morgan fingerprint density at radius 1 is 1.14 bits per heavy atom. The molecule has 5 rings (SSSR count). The van der Waals surface area contributed by atoms with Crippen LogP contribution in [0, 0.1) is 5.92 Å². The summed E-state index contributed by atoms with van der Waals surface area (Å²) in [4.78, 5) is 16.4. The molecule has 3 heterocycles. The highest BCUT2D eigenvalue weighted by Crippen LogP contribution is 2.39. The van der Waals surface area contributed by atoms with Crippen LogP contribution in [-0.4, -0.2) is 69.4 Å². The fourth-order valence-corrected chi connectivity index (χ4v) is 4.42. The van der Waals surface area contributed by atoms with Gasteiger partial charge in [-0.05, 0) is 42.5 Å². The zero-order chi connectivity index (χ0) is 24.7. The summed E-state index contributed by atoms with van der Waals surface area (Å²) in [5.74, 6) is 3.32. The van der Waals surface area contributed by atoms with Gasteiger partial charge in [0.15, 0.2) is 11.6 Å². The minimum Gasteiger partial charge on any atom is -0.379 e. The van der Waals surface area contributed by atoms with Crippen LogP contribution in [0.1, 0.15) is 49.2 Å². The second kappa shape index (κ2) is 11.8. The van der Waals surface area contributed by atoms with Crippen molar-refractivity contribution >= 4 is 41.5 Å². The Labute approximate surface area is 216 Å². The average Bonchev–Trinajstić information content (AvgIpc) is 3.64. The van der Waals surface area contributed by atoms with E-state index in [2.05, 4.69) is 47.6 Å². The number of halogens is 1. The molecule has 9 nitrogen and oxygen atoms in total. The van der Waals surface area contributed by atoms with E-state index < -0.39 is 0 Å². The van der Waals surface area contributed by atoms with Crippen LogP contribution in [0.2, 0.25) is 5.02 Å².